The van der Waals surface area contributed by atoms with Crippen molar-refractivity contribution in [3.05, 3.63) is 11.9 Å². The summed E-state index contributed by atoms with van der Waals surface area (Å²) in [5.41, 5.74) is 0.410. The maximum atomic E-state index is 11.7. The van der Waals surface area contributed by atoms with Gasteiger partial charge < -0.3 is 10.4 Å². The number of nitrogens with zero attached hydrogens (tertiary/aromatic N) is 3. The summed E-state index contributed by atoms with van der Waals surface area (Å²) in [6, 6.07) is 0. The number of aromatic nitrogens is 3. The number of nitrogens with one attached hydrogen (secondary N) is 1. The van der Waals surface area contributed by atoms with Crippen LogP contribution in [-0.2, 0) is 13.1 Å². The summed E-state index contributed by atoms with van der Waals surface area (Å²) in [4.78, 5) is 0. The van der Waals surface area contributed by atoms with Crippen LogP contribution in [0.3, 0.4) is 0 Å². The summed E-state index contributed by atoms with van der Waals surface area (Å²) in [5, 5.41) is 18.0. The third-order valence-electron chi connectivity index (χ3n) is 1.55. The summed E-state index contributed by atoms with van der Waals surface area (Å²) < 4.78 is 36.6. The van der Waals surface area contributed by atoms with E-state index in [0.717, 1.165) is 0 Å². The average Bonchev–Trinajstić information content (AvgIpc) is 2.51. The lowest BCUT2D eigenvalue weighted by Crippen LogP contribution is -2.28. The van der Waals surface area contributed by atoms with E-state index in [4.69, 9.17) is 5.11 Å². The summed E-state index contributed by atoms with van der Waals surface area (Å²) in [6.07, 6.45) is -2.74. The van der Waals surface area contributed by atoms with Crippen LogP contribution >= 0.6 is 0 Å². The molecule has 2 N–H and O–H groups in total. The molecule has 5 nitrogen and oxygen atoms in total. The van der Waals surface area contributed by atoms with E-state index in [-0.39, 0.29) is 19.7 Å². The van der Waals surface area contributed by atoms with Gasteiger partial charge in [0.05, 0.1) is 25.4 Å². The minimum absolute atomic E-state index is 0.00490. The van der Waals surface area contributed by atoms with Crippen molar-refractivity contribution in [2.24, 2.45) is 0 Å². The van der Waals surface area contributed by atoms with Crippen LogP contribution in [0.5, 0.6) is 0 Å². The minimum Gasteiger partial charge on any atom is -0.394 e. The lowest BCUT2D eigenvalue weighted by molar-refractivity contribution is -0.125. The van der Waals surface area contributed by atoms with Gasteiger partial charge in [0.15, 0.2) is 0 Å². The topological polar surface area (TPSA) is 63.0 Å². The molecule has 0 fully saturated rings. The monoisotopic (exact) mass is 224 g/mol. The molecule has 15 heavy (non-hydrogen) atoms. The van der Waals surface area contributed by atoms with Crippen molar-refractivity contribution in [3.63, 3.8) is 0 Å². The SMILES string of the molecule is OCCn1cc(CNCC(F)(F)F)nn1. The highest BCUT2D eigenvalue weighted by molar-refractivity contribution is 4.91. The predicted molar refractivity (Wildman–Crippen MR) is 44.9 cm³/mol. The maximum Gasteiger partial charge on any atom is 0.401 e. The fourth-order valence-corrected chi connectivity index (χ4v) is 0.964. The Bertz CT molecular complexity index is 299. The number of hydrogen-bond acceptors (Lipinski definition) is 4. The van der Waals surface area contributed by atoms with E-state index in [1.54, 1.807) is 0 Å². The predicted octanol–water partition coefficient (Wildman–Crippen LogP) is -0.0777. The van der Waals surface area contributed by atoms with Gasteiger partial charge in [-0.25, -0.2) is 4.68 Å². The molecule has 0 unspecified atom stereocenters. The van der Waals surface area contributed by atoms with E-state index in [9.17, 15) is 13.2 Å². The van der Waals surface area contributed by atoms with E-state index in [2.05, 4.69) is 15.6 Å². The molecule has 0 bridgehead atoms. The Morgan fingerprint density at radius 3 is 2.80 bits per heavy atom. The summed E-state index contributed by atoms with van der Waals surface area (Å²) in [5.74, 6) is 0. The van der Waals surface area contributed by atoms with Crippen molar-refractivity contribution in [3.8, 4) is 0 Å². The number of aliphatic hydroxyl groups excluding tert-OH is 1. The second kappa shape index (κ2) is 5.08. The zero-order valence-electron chi connectivity index (χ0n) is 7.83. The highest BCUT2D eigenvalue weighted by Crippen LogP contribution is 2.12. The van der Waals surface area contributed by atoms with Gasteiger partial charge in [0.1, 0.15) is 0 Å². The molecule has 0 aliphatic heterocycles. The first kappa shape index (κ1) is 11.9. The van der Waals surface area contributed by atoms with Crippen LogP contribution < -0.4 is 5.32 Å². The second-order valence-electron chi connectivity index (χ2n) is 2.92. The van der Waals surface area contributed by atoms with Gasteiger partial charge in [0.25, 0.3) is 0 Å². The normalized spacial score (nSPS) is 12.0. The summed E-state index contributed by atoms with van der Waals surface area (Å²) in [6.45, 7) is -0.851. The average molecular weight is 224 g/mol. The Balaban J connectivity index is 2.31. The standard InChI is InChI=1S/C7H11F3N4O/c8-7(9,10)5-11-3-6-4-14(1-2-15)13-12-6/h4,11,15H,1-3,5H2. The third kappa shape index (κ3) is 4.75. The molecule has 0 saturated carbocycles. The van der Waals surface area contributed by atoms with Gasteiger partial charge in [0.2, 0.25) is 0 Å². The van der Waals surface area contributed by atoms with Crippen LogP contribution in [-0.4, -0.2) is 39.4 Å². The molecule has 0 spiro atoms. The smallest absolute Gasteiger partial charge is 0.394 e. The Kier molecular flexibility index (Phi) is 4.04. The first-order valence-corrected chi connectivity index (χ1v) is 4.28. The molecule has 0 aliphatic carbocycles. The highest BCUT2D eigenvalue weighted by Gasteiger charge is 2.26. The van der Waals surface area contributed by atoms with E-state index < -0.39 is 12.7 Å². The van der Waals surface area contributed by atoms with E-state index >= 15 is 0 Å². The molecule has 0 amide bonds. The van der Waals surface area contributed by atoms with Gasteiger partial charge in [-0.1, -0.05) is 5.21 Å². The molecule has 0 atom stereocenters. The highest BCUT2D eigenvalue weighted by atomic mass is 19.4. The molecular weight excluding hydrogens is 213 g/mol. The number of hydrogen-bond donors (Lipinski definition) is 2. The van der Waals surface area contributed by atoms with Crippen molar-refractivity contribution in [2.45, 2.75) is 19.3 Å². The lowest BCUT2D eigenvalue weighted by Gasteiger charge is -2.05. The van der Waals surface area contributed by atoms with E-state index in [1.807, 2.05) is 0 Å². The molecule has 0 saturated heterocycles. The number of rotatable bonds is 5. The minimum atomic E-state index is -4.22. The summed E-state index contributed by atoms with van der Waals surface area (Å²) in [7, 11) is 0. The molecule has 0 aromatic carbocycles. The van der Waals surface area contributed by atoms with Crippen LogP contribution in [0.4, 0.5) is 13.2 Å². The van der Waals surface area contributed by atoms with Crippen LogP contribution in [0, 0.1) is 0 Å². The van der Waals surface area contributed by atoms with Crippen molar-refractivity contribution in [1.82, 2.24) is 20.3 Å². The van der Waals surface area contributed by atoms with E-state index in [1.165, 1.54) is 10.9 Å². The quantitative estimate of drug-likeness (QED) is 0.734. The van der Waals surface area contributed by atoms with E-state index in [0.29, 0.717) is 5.69 Å². The molecular formula is C7H11F3N4O. The molecule has 86 valence electrons. The Hall–Kier alpha value is -1.15. The van der Waals surface area contributed by atoms with Crippen molar-refractivity contribution < 1.29 is 18.3 Å². The van der Waals surface area contributed by atoms with Gasteiger partial charge in [-0.2, -0.15) is 13.2 Å². The van der Waals surface area contributed by atoms with Gasteiger partial charge in [-0.3, -0.25) is 0 Å². The van der Waals surface area contributed by atoms with Gasteiger partial charge in [0, 0.05) is 12.7 Å². The van der Waals surface area contributed by atoms with Gasteiger partial charge in [-0.15, -0.1) is 5.10 Å². The van der Waals surface area contributed by atoms with Crippen LogP contribution in [0.15, 0.2) is 6.20 Å². The maximum absolute atomic E-state index is 11.7. The molecule has 0 radical (unpaired) electrons. The zero-order valence-corrected chi connectivity index (χ0v) is 7.83. The molecule has 1 aromatic rings. The second-order valence-corrected chi connectivity index (χ2v) is 2.92. The zero-order chi connectivity index (χ0) is 11.3. The molecule has 1 rings (SSSR count). The van der Waals surface area contributed by atoms with Crippen molar-refractivity contribution in [2.75, 3.05) is 13.2 Å². The van der Waals surface area contributed by atoms with Gasteiger partial charge >= 0.3 is 6.18 Å². The molecule has 8 heteroatoms. The fraction of sp³-hybridized carbons (Fsp3) is 0.714. The van der Waals surface area contributed by atoms with Crippen LogP contribution in [0.25, 0.3) is 0 Å². The van der Waals surface area contributed by atoms with Crippen molar-refractivity contribution >= 4 is 0 Å². The number of halogens is 3. The van der Waals surface area contributed by atoms with Gasteiger partial charge in [-0.05, 0) is 0 Å². The molecule has 0 aliphatic rings. The van der Waals surface area contributed by atoms with Crippen molar-refractivity contribution in [1.29, 1.82) is 0 Å². The van der Waals surface area contributed by atoms with Crippen LogP contribution in [0.2, 0.25) is 0 Å². The Morgan fingerprint density at radius 1 is 1.47 bits per heavy atom. The first-order chi connectivity index (χ1) is 7.01. The summed E-state index contributed by atoms with van der Waals surface area (Å²) >= 11 is 0. The largest absolute Gasteiger partial charge is 0.401 e. The Morgan fingerprint density at radius 2 is 2.20 bits per heavy atom. The fourth-order valence-electron chi connectivity index (χ4n) is 0.964. The van der Waals surface area contributed by atoms with Crippen LogP contribution in [0.1, 0.15) is 5.69 Å². The molecule has 1 aromatic heterocycles. The first-order valence-electron chi connectivity index (χ1n) is 4.28. The lowest BCUT2D eigenvalue weighted by atomic mass is 10.4. The third-order valence-corrected chi connectivity index (χ3v) is 1.55. The number of alkyl halides is 3. The Labute approximate surface area is 83.9 Å². The molecule has 1 heterocycles. The number of aliphatic hydroxyl groups is 1.